The summed E-state index contributed by atoms with van der Waals surface area (Å²) in [6.07, 6.45) is 3.68. The Morgan fingerprint density at radius 1 is 1.22 bits per heavy atom. The van der Waals surface area contributed by atoms with Crippen LogP contribution in [0.15, 0.2) is 0 Å². The molecule has 56 valence electrons. The van der Waals surface area contributed by atoms with Crippen molar-refractivity contribution in [1.82, 2.24) is 5.32 Å². The Morgan fingerprint density at radius 3 is 2.56 bits per heavy atom. The van der Waals surface area contributed by atoms with Crippen molar-refractivity contribution in [2.45, 2.75) is 26.2 Å². The summed E-state index contributed by atoms with van der Waals surface area (Å²) < 4.78 is 0. The van der Waals surface area contributed by atoms with Crippen molar-refractivity contribution in [2.24, 2.45) is 0 Å². The van der Waals surface area contributed by atoms with Crippen LogP contribution in [0.25, 0.3) is 0 Å². The second kappa shape index (κ2) is 8.25. The van der Waals surface area contributed by atoms with Gasteiger partial charge in [-0.3, -0.25) is 0 Å². The first-order valence-electron chi connectivity index (χ1n) is 3.68. The molecule has 0 fully saturated rings. The fourth-order valence-electron chi connectivity index (χ4n) is 0.698. The van der Waals surface area contributed by atoms with Crippen LogP contribution in [0.2, 0.25) is 0 Å². The molecule has 0 aromatic rings. The molecule has 0 aliphatic rings. The first-order chi connectivity index (χ1) is 4.41. The van der Waals surface area contributed by atoms with E-state index in [1.54, 1.807) is 0 Å². The Morgan fingerprint density at radius 2 is 2.00 bits per heavy atom. The molecule has 9 heavy (non-hydrogen) atoms. The van der Waals surface area contributed by atoms with E-state index in [9.17, 15) is 0 Å². The lowest BCUT2D eigenvalue weighted by molar-refractivity contribution is 0.635. The number of rotatable bonds is 6. The maximum absolute atomic E-state index is 5.49. The summed E-state index contributed by atoms with van der Waals surface area (Å²) in [4.78, 5) is 0. The fraction of sp³-hybridized carbons (Fsp3) is 1.00. The van der Waals surface area contributed by atoms with E-state index in [4.69, 9.17) is 11.6 Å². The van der Waals surface area contributed by atoms with Gasteiger partial charge in [0.2, 0.25) is 0 Å². The van der Waals surface area contributed by atoms with Crippen molar-refractivity contribution in [2.75, 3.05) is 19.0 Å². The van der Waals surface area contributed by atoms with Crippen LogP contribution in [-0.2, 0) is 0 Å². The van der Waals surface area contributed by atoms with E-state index in [2.05, 4.69) is 12.2 Å². The normalized spacial score (nSPS) is 10.0. The van der Waals surface area contributed by atoms with Gasteiger partial charge >= 0.3 is 0 Å². The van der Waals surface area contributed by atoms with Gasteiger partial charge in [-0.1, -0.05) is 13.3 Å². The van der Waals surface area contributed by atoms with Crippen LogP contribution in [0, 0.1) is 0 Å². The zero-order valence-corrected chi connectivity index (χ0v) is 6.88. The summed E-state index contributed by atoms with van der Waals surface area (Å²) in [5.41, 5.74) is 0. The molecular formula is C7H16ClN. The third kappa shape index (κ3) is 8.25. The first kappa shape index (κ1) is 9.25. The lowest BCUT2D eigenvalue weighted by atomic mass is 10.2. The molecule has 0 atom stereocenters. The number of alkyl halides is 1. The highest BCUT2D eigenvalue weighted by atomic mass is 35.5. The smallest absolute Gasteiger partial charge is 0.0223 e. The molecule has 0 bridgehead atoms. The second-order valence-corrected chi connectivity index (χ2v) is 2.48. The van der Waals surface area contributed by atoms with Gasteiger partial charge in [0.1, 0.15) is 0 Å². The minimum atomic E-state index is 0.812. The molecule has 0 saturated carbocycles. The quantitative estimate of drug-likeness (QED) is 0.450. The van der Waals surface area contributed by atoms with Crippen LogP contribution in [0.5, 0.6) is 0 Å². The van der Waals surface area contributed by atoms with Crippen LogP contribution in [0.3, 0.4) is 0 Å². The highest BCUT2D eigenvalue weighted by molar-refractivity contribution is 6.17. The van der Waals surface area contributed by atoms with Crippen molar-refractivity contribution >= 4 is 11.6 Å². The zero-order chi connectivity index (χ0) is 6.95. The van der Waals surface area contributed by atoms with Crippen molar-refractivity contribution in [1.29, 1.82) is 0 Å². The molecule has 0 amide bonds. The van der Waals surface area contributed by atoms with Crippen molar-refractivity contribution < 1.29 is 0 Å². The van der Waals surface area contributed by atoms with Crippen molar-refractivity contribution in [3.63, 3.8) is 0 Å². The van der Waals surface area contributed by atoms with Gasteiger partial charge in [-0.15, -0.1) is 11.6 Å². The molecule has 0 radical (unpaired) electrons. The van der Waals surface area contributed by atoms with Crippen LogP contribution < -0.4 is 5.32 Å². The third-order valence-corrected chi connectivity index (χ3v) is 1.50. The van der Waals surface area contributed by atoms with E-state index in [0.29, 0.717) is 0 Å². The van der Waals surface area contributed by atoms with E-state index < -0.39 is 0 Å². The van der Waals surface area contributed by atoms with E-state index in [1.807, 2.05) is 0 Å². The van der Waals surface area contributed by atoms with Crippen LogP contribution >= 0.6 is 11.6 Å². The van der Waals surface area contributed by atoms with Crippen LogP contribution in [0.4, 0.5) is 0 Å². The predicted molar refractivity (Wildman–Crippen MR) is 43.1 cm³/mol. The molecule has 0 saturated heterocycles. The number of unbranched alkanes of at least 4 members (excludes halogenated alkanes) is 2. The SMILES string of the molecule is CCNCCCCCCl. The van der Waals surface area contributed by atoms with Gasteiger partial charge in [-0.2, -0.15) is 0 Å². The fourth-order valence-corrected chi connectivity index (χ4v) is 0.887. The summed E-state index contributed by atoms with van der Waals surface area (Å²) in [7, 11) is 0. The third-order valence-electron chi connectivity index (χ3n) is 1.24. The predicted octanol–water partition coefficient (Wildman–Crippen LogP) is 2.00. The van der Waals surface area contributed by atoms with Gasteiger partial charge in [0.15, 0.2) is 0 Å². The molecule has 0 aliphatic heterocycles. The van der Waals surface area contributed by atoms with Crippen LogP contribution in [0.1, 0.15) is 26.2 Å². The highest BCUT2D eigenvalue weighted by Gasteiger charge is 1.85. The number of nitrogens with one attached hydrogen (secondary N) is 1. The van der Waals surface area contributed by atoms with Gasteiger partial charge in [0.25, 0.3) is 0 Å². The molecule has 0 aromatic carbocycles. The molecule has 0 rings (SSSR count). The molecular weight excluding hydrogens is 134 g/mol. The van der Waals surface area contributed by atoms with Crippen molar-refractivity contribution in [3.05, 3.63) is 0 Å². The lowest BCUT2D eigenvalue weighted by Crippen LogP contribution is -2.13. The summed E-state index contributed by atoms with van der Waals surface area (Å²) in [5, 5.41) is 3.26. The molecule has 0 heterocycles. The van der Waals surface area contributed by atoms with Gasteiger partial charge in [-0.05, 0) is 25.9 Å². The number of hydrogen-bond donors (Lipinski definition) is 1. The standard InChI is InChI=1S/C7H16ClN/c1-2-9-7-5-3-4-6-8/h9H,2-7H2,1H3. The Bertz CT molecular complexity index is 42.2. The van der Waals surface area contributed by atoms with E-state index in [-0.39, 0.29) is 0 Å². The van der Waals surface area contributed by atoms with Gasteiger partial charge in [-0.25, -0.2) is 0 Å². The highest BCUT2D eigenvalue weighted by Crippen LogP contribution is 1.94. The molecule has 1 nitrogen and oxygen atoms in total. The molecule has 2 heteroatoms. The Hall–Kier alpha value is 0.250. The van der Waals surface area contributed by atoms with Gasteiger partial charge in [0, 0.05) is 5.88 Å². The molecule has 1 N–H and O–H groups in total. The maximum Gasteiger partial charge on any atom is 0.0223 e. The topological polar surface area (TPSA) is 12.0 Å². The second-order valence-electron chi connectivity index (χ2n) is 2.10. The van der Waals surface area contributed by atoms with E-state index in [0.717, 1.165) is 25.4 Å². The lowest BCUT2D eigenvalue weighted by Gasteiger charge is -1.98. The molecule has 0 aliphatic carbocycles. The minimum Gasteiger partial charge on any atom is -0.317 e. The van der Waals surface area contributed by atoms with E-state index >= 15 is 0 Å². The average Bonchev–Trinajstić information content (AvgIpc) is 1.89. The Balaban J connectivity index is 2.60. The minimum absolute atomic E-state index is 0.812. The van der Waals surface area contributed by atoms with Crippen LogP contribution in [-0.4, -0.2) is 19.0 Å². The first-order valence-corrected chi connectivity index (χ1v) is 4.22. The van der Waals surface area contributed by atoms with Crippen molar-refractivity contribution in [3.8, 4) is 0 Å². The van der Waals surface area contributed by atoms with E-state index in [1.165, 1.54) is 12.8 Å². The Labute approximate surface area is 62.8 Å². The largest absolute Gasteiger partial charge is 0.317 e. The summed E-state index contributed by atoms with van der Waals surface area (Å²) >= 11 is 5.49. The monoisotopic (exact) mass is 149 g/mol. The van der Waals surface area contributed by atoms with Gasteiger partial charge in [0.05, 0.1) is 0 Å². The van der Waals surface area contributed by atoms with Gasteiger partial charge < -0.3 is 5.32 Å². The Kier molecular flexibility index (Phi) is 8.48. The number of hydrogen-bond acceptors (Lipinski definition) is 1. The molecule has 0 spiro atoms. The summed E-state index contributed by atoms with van der Waals surface area (Å²) in [6, 6.07) is 0. The number of halogens is 1. The summed E-state index contributed by atoms with van der Waals surface area (Å²) in [5.74, 6) is 0.812. The average molecular weight is 150 g/mol. The molecule has 0 unspecified atom stereocenters. The maximum atomic E-state index is 5.49. The summed E-state index contributed by atoms with van der Waals surface area (Å²) in [6.45, 7) is 4.36. The zero-order valence-electron chi connectivity index (χ0n) is 6.12. The molecule has 0 aromatic heterocycles.